The van der Waals surface area contributed by atoms with Crippen LogP contribution in [-0.4, -0.2) is 30.0 Å². The molecule has 0 aromatic heterocycles. The molecule has 6 heteroatoms. The molecule has 1 aliphatic rings. The van der Waals surface area contributed by atoms with Gasteiger partial charge in [0.25, 0.3) is 0 Å². The van der Waals surface area contributed by atoms with Gasteiger partial charge in [0.1, 0.15) is 5.75 Å². The summed E-state index contributed by atoms with van der Waals surface area (Å²) in [5.74, 6) is -0.285. The van der Waals surface area contributed by atoms with Crippen molar-refractivity contribution in [2.45, 2.75) is 12.8 Å². The van der Waals surface area contributed by atoms with Gasteiger partial charge in [-0.1, -0.05) is 23.7 Å². The number of carbonyl (C=O) groups excluding carboxylic acids is 2. The van der Waals surface area contributed by atoms with E-state index < -0.39 is 0 Å². The lowest BCUT2D eigenvalue weighted by Crippen LogP contribution is -2.34. The minimum absolute atomic E-state index is 0.0546. The van der Waals surface area contributed by atoms with E-state index >= 15 is 0 Å². The fraction of sp³-hybridized carbons (Fsp3) is 0.263. The van der Waals surface area contributed by atoms with Crippen LogP contribution in [0.1, 0.15) is 12.0 Å². The Bertz CT molecular complexity index is 759. The van der Waals surface area contributed by atoms with Crippen LogP contribution in [0.25, 0.3) is 0 Å². The largest absolute Gasteiger partial charge is 0.508 e. The second kappa shape index (κ2) is 7.57. The summed E-state index contributed by atoms with van der Waals surface area (Å²) in [6, 6.07) is 13.9. The van der Waals surface area contributed by atoms with Crippen LogP contribution in [0.2, 0.25) is 5.02 Å². The van der Waals surface area contributed by atoms with E-state index in [1.54, 1.807) is 41.3 Å². The number of anilines is 1. The highest BCUT2D eigenvalue weighted by atomic mass is 35.5. The first-order valence-electron chi connectivity index (χ1n) is 8.14. The Hall–Kier alpha value is -2.53. The molecule has 1 atom stereocenters. The molecule has 1 unspecified atom stereocenters. The topological polar surface area (TPSA) is 69.6 Å². The number of hydrogen-bond donors (Lipinski definition) is 2. The van der Waals surface area contributed by atoms with Crippen LogP contribution in [0.15, 0.2) is 48.5 Å². The quantitative estimate of drug-likeness (QED) is 0.863. The van der Waals surface area contributed by atoms with Crippen LogP contribution in [0.5, 0.6) is 5.75 Å². The van der Waals surface area contributed by atoms with Gasteiger partial charge in [0.15, 0.2) is 0 Å². The van der Waals surface area contributed by atoms with Gasteiger partial charge >= 0.3 is 0 Å². The number of aromatic hydroxyl groups is 1. The number of halogens is 1. The Morgan fingerprint density at radius 2 is 1.84 bits per heavy atom. The van der Waals surface area contributed by atoms with Gasteiger partial charge in [-0.3, -0.25) is 9.59 Å². The normalized spacial score (nSPS) is 16.9. The molecule has 0 radical (unpaired) electrons. The van der Waals surface area contributed by atoms with Gasteiger partial charge in [-0.05, 0) is 48.4 Å². The molecule has 1 fully saturated rings. The number of phenols is 1. The Kier molecular flexibility index (Phi) is 5.24. The van der Waals surface area contributed by atoms with Crippen molar-refractivity contribution in [3.05, 3.63) is 59.1 Å². The zero-order valence-electron chi connectivity index (χ0n) is 13.6. The van der Waals surface area contributed by atoms with Crippen molar-refractivity contribution < 1.29 is 14.7 Å². The summed E-state index contributed by atoms with van der Waals surface area (Å²) in [4.78, 5) is 26.1. The molecule has 1 saturated heterocycles. The van der Waals surface area contributed by atoms with Crippen LogP contribution in [0, 0.1) is 5.92 Å². The van der Waals surface area contributed by atoms with Crippen molar-refractivity contribution in [1.29, 1.82) is 0 Å². The number of benzene rings is 2. The molecule has 25 heavy (non-hydrogen) atoms. The highest BCUT2D eigenvalue weighted by Gasteiger charge is 2.34. The van der Waals surface area contributed by atoms with E-state index in [-0.39, 0.29) is 29.9 Å². The summed E-state index contributed by atoms with van der Waals surface area (Å²) in [5, 5.41) is 12.8. The maximum Gasteiger partial charge on any atom is 0.227 e. The number of nitrogens with zero attached hydrogens (tertiary/aromatic N) is 1. The smallest absolute Gasteiger partial charge is 0.227 e. The standard InChI is InChI=1S/C19H19ClN2O3/c20-15-3-5-16(6-4-15)22-12-14(11-18(22)24)19(25)21-10-9-13-1-7-17(23)8-2-13/h1-8,14,23H,9-12H2,(H,21,25). The van der Waals surface area contributed by atoms with Gasteiger partial charge in [-0.15, -0.1) is 0 Å². The molecule has 1 heterocycles. The molecule has 2 aromatic carbocycles. The average molecular weight is 359 g/mol. The lowest BCUT2D eigenvalue weighted by atomic mass is 10.1. The molecular formula is C19H19ClN2O3. The van der Waals surface area contributed by atoms with Crippen molar-refractivity contribution in [3.8, 4) is 5.75 Å². The molecule has 2 aromatic rings. The van der Waals surface area contributed by atoms with Gasteiger partial charge in [0, 0.05) is 30.2 Å². The lowest BCUT2D eigenvalue weighted by molar-refractivity contribution is -0.126. The highest BCUT2D eigenvalue weighted by molar-refractivity contribution is 6.30. The van der Waals surface area contributed by atoms with Crippen LogP contribution in [-0.2, 0) is 16.0 Å². The minimum Gasteiger partial charge on any atom is -0.508 e. The lowest BCUT2D eigenvalue weighted by Gasteiger charge is -2.16. The summed E-state index contributed by atoms with van der Waals surface area (Å²) >= 11 is 5.87. The van der Waals surface area contributed by atoms with E-state index in [0.29, 0.717) is 24.5 Å². The fourth-order valence-electron chi connectivity index (χ4n) is 2.89. The zero-order valence-corrected chi connectivity index (χ0v) is 14.4. The van der Waals surface area contributed by atoms with Crippen LogP contribution in [0.4, 0.5) is 5.69 Å². The average Bonchev–Trinajstić information content (AvgIpc) is 2.99. The van der Waals surface area contributed by atoms with Gasteiger partial charge in [-0.25, -0.2) is 0 Å². The van der Waals surface area contributed by atoms with Gasteiger partial charge in [0.05, 0.1) is 5.92 Å². The molecule has 0 bridgehead atoms. The summed E-state index contributed by atoms with van der Waals surface area (Å²) in [6.07, 6.45) is 0.890. The van der Waals surface area contributed by atoms with E-state index in [1.807, 2.05) is 12.1 Å². The third-order valence-corrected chi connectivity index (χ3v) is 4.54. The summed E-state index contributed by atoms with van der Waals surface area (Å²) in [6.45, 7) is 0.876. The number of amides is 2. The summed E-state index contributed by atoms with van der Waals surface area (Å²) in [5.41, 5.74) is 1.79. The van der Waals surface area contributed by atoms with E-state index in [2.05, 4.69) is 5.32 Å². The Morgan fingerprint density at radius 3 is 2.52 bits per heavy atom. The SMILES string of the molecule is O=C(NCCc1ccc(O)cc1)C1CC(=O)N(c2ccc(Cl)cc2)C1. The second-order valence-corrected chi connectivity index (χ2v) is 6.53. The van der Waals surface area contributed by atoms with Crippen LogP contribution >= 0.6 is 11.6 Å². The number of nitrogens with one attached hydrogen (secondary N) is 1. The zero-order chi connectivity index (χ0) is 17.8. The monoisotopic (exact) mass is 358 g/mol. The number of hydrogen-bond acceptors (Lipinski definition) is 3. The maximum absolute atomic E-state index is 12.3. The van der Waals surface area contributed by atoms with E-state index in [0.717, 1.165) is 11.3 Å². The van der Waals surface area contributed by atoms with E-state index in [9.17, 15) is 14.7 Å². The number of carbonyl (C=O) groups is 2. The number of phenolic OH excluding ortho intramolecular Hbond substituents is 1. The first kappa shape index (κ1) is 17.3. The first-order valence-corrected chi connectivity index (χ1v) is 8.52. The van der Waals surface area contributed by atoms with Crippen LogP contribution in [0.3, 0.4) is 0 Å². The Balaban J connectivity index is 1.52. The van der Waals surface area contributed by atoms with Crippen molar-refractivity contribution in [2.24, 2.45) is 5.92 Å². The third kappa shape index (κ3) is 4.31. The van der Waals surface area contributed by atoms with E-state index in [1.165, 1.54) is 0 Å². The molecule has 1 aliphatic heterocycles. The molecule has 0 saturated carbocycles. The fourth-order valence-corrected chi connectivity index (χ4v) is 3.02. The number of rotatable bonds is 5. The molecule has 0 spiro atoms. The molecular weight excluding hydrogens is 340 g/mol. The molecule has 130 valence electrons. The van der Waals surface area contributed by atoms with Gasteiger partial charge in [-0.2, -0.15) is 0 Å². The first-order chi connectivity index (χ1) is 12.0. The summed E-state index contributed by atoms with van der Waals surface area (Å²) in [7, 11) is 0. The molecule has 3 rings (SSSR count). The maximum atomic E-state index is 12.3. The Labute approximate surface area is 151 Å². The minimum atomic E-state index is -0.344. The second-order valence-electron chi connectivity index (χ2n) is 6.09. The van der Waals surface area contributed by atoms with E-state index in [4.69, 9.17) is 11.6 Å². The molecule has 2 N–H and O–H groups in total. The third-order valence-electron chi connectivity index (χ3n) is 4.28. The van der Waals surface area contributed by atoms with Crippen molar-refractivity contribution in [1.82, 2.24) is 5.32 Å². The molecule has 0 aliphatic carbocycles. The van der Waals surface area contributed by atoms with Gasteiger partial charge < -0.3 is 15.3 Å². The summed E-state index contributed by atoms with van der Waals surface area (Å²) < 4.78 is 0. The highest BCUT2D eigenvalue weighted by Crippen LogP contribution is 2.26. The molecule has 5 nitrogen and oxygen atoms in total. The van der Waals surface area contributed by atoms with Crippen molar-refractivity contribution in [2.75, 3.05) is 18.0 Å². The van der Waals surface area contributed by atoms with Crippen molar-refractivity contribution >= 4 is 29.1 Å². The Morgan fingerprint density at radius 1 is 1.16 bits per heavy atom. The van der Waals surface area contributed by atoms with Gasteiger partial charge in [0.2, 0.25) is 11.8 Å². The predicted octanol–water partition coefficient (Wildman–Crippen LogP) is 2.76. The molecule has 2 amide bonds. The van der Waals surface area contributed by atoms with Crippen LogP contribution < -0.4 is 10.2 Å². The predicted molar refractivity (Wildman–Crippen MR) is 96.7 cm³/mol. The van der Waals surface area contributed by atoms with Crippen molar-refractivity contribution in [3.63, 3.8) is 0 Å².